The van der Waals surface area contributed by atoms with Crippen LogP contribution in [0, 0.1) is 11.3 Å². The van der Waals surface area contributed by atoms with Crippen LogP contribution in [0.5, 0.6) is 0 Å². The molecule has 3 nitrogen and oxygen atoms in total. The van der Waals surface area contributed by atoms with E-state index in [1.807, 2.05) is 30.5 Å². The SMILES string of the molecule is CC1=CS/C(=C(/O)c2ccc(C#N)cc2)N1Cc1ccccc1. The third-order valence-corrected chi connectivity index (χ3v) is 4.78. The van der Waals surface area contributed by atoms with Crippen molar-refractivity contribution in [1.29, 1.82) is 5.26 Å². The van der Waals surface area contributed by atoms with Gasteiger partial charge in [0, 0.05) is 17.8 Å². The molecule has 0 saturated heterocycles. The van der Waals surface area contributed by atoms with E-state index in [1.54, 1.807) is 24.3 Å². The van der Waals surface area contributed by atoms with Crippen LogP contribution in [0.1, 0.15) is 23.6 Å². The fourth-order valence-electron chi connectivity index (χ4n) is 2.40. The molecule has 0 aromatic heterocycles. The topological polar surface area (TPSA) is 47.3 Å². The predicted molar refractivity (Wildman–Crippen MR) is 94.0 cm³/mol. The van der Waals surface area contributed by atoms with Crippen LogP contribution < -0.4 is 0 Å². The Bertz CT molecular complexity index is 802. The van der Waals surface area contributed by atoms with Crippen molar-refractivity contribution >= 4 is 17.5 Å². The van der Waals surface area contributed by atoms with Gasteiger partial charge in [0.25, 0.3) is 0 Å². The summed E-state index contributed by atoms with van der Waals surface area (Å²) >= 11 is 1.52. The molecule has 0 unspecified atom stereocenters. The van der Waals surface area contributed by atoms with Gasteiger partial charge in [-0.05, 0) is 42.2 Å². The van der Waals surface area contributed by atoms with Gasteiger partial charge in [-0.3, -0.25) is 0 Å². The highest BCUT2D eigenvalue weighted by molar-refractivity contribution is 8.06. The number of nitriles is 1. The van der Waals surface area contributed by atoms with Crippen LogP contribution >= 0.6 is 11.8 Å². The zero-order chi connectivity index (χ0) is 16.2. The molecular weight excluding hydrogens is 304 g/mol. The molecule has 0 fully saturated rings. The first kappa shape index (κ1) is 15.3. The van der Waals surface area contributed by atoms with E-state index in [4.69, 9.17) is 5.26 Å². The lowest BCUT2D eigenvalue weighted by atomic mass is 10.1. The summed E-state index contributed by atoms with van der Waals surface area (Å²) < 4.78 is 0. The fourth-order valence-corrected chi connectivity index (χ4v) is 3.38. The number of allylic oxidation sites excluding steroid dienone is 1. The van der Waals surface area contributed by atoms with E-state index >= 15 is 0 Å². The zero-order valence-electron chi connectivity index (χ0n) is 12.7. The maximum atomic E-state index is 10.7. The number of aliphatic hydroxyl groups is 1. The lowest BCUT2D eigenvalue weighted by molar-refractivity contribution is 0.429. The molecule has 0 saturated carbocycles. The molecule has 2 aromatic rings. The number of hydrogen-bond acceptors (Lipinski definition) is 4. The molecule has 2 aromatic carbocycles. The molecule has 114 valence electrons. The molecule has 0 aliphatic carbocycles. The molecule has 3 rings (SSSR count). The molecular formula is C19H16N2OS. The minimum atomic E-state index is 0.239. The van der Waals surface area contributed by atoms with Gasteiger partial charge < -0.3 is 10.0 Å². The van der Waals surface area contributed by atoms with Crippen molar-refractivity contribution in [2.75, 3.05) is 0 Å². The van der Waals surface area contributed by atoms with E-state index < -0.39 is 0 Å². The van der Waals surface area contributed by atoms with Crippen LogP contribution in [0.25, 0.3) is 5.76 Å². The van der Waals surface area contributed by atoms with Crippen LogP contribution in [-0.4, -0.2) is 10.0 Å². The van der Waals surface area contributed by atoms with Crippen molar-refractivity contribution in [1.82, 2.24) is 4.90 Å². The van der Waals surface area contributed by atoms with Gasteiger partial charge in [0.1, 0.15) is 5.03 Å². The summed E-state index contributed by atoms with van der Waals surface area (Å²) in [7, 11) is 0. The van der Waals surface area contributed by atoms with E-state index in [2.05, 4.69) is 23.1 Å². The molecule has 0 radical (unpaired) electrons. The Morgan fingerprint density at radius 3 is 2.48 bits per heavy atom. The lowest BCUT2D eigenvalue weighted by Crippen LogP contribution is -2.16. The minimum Gasteiger partial charge on any atom is -0.505 e. The number of rotatable bonds is 3. The molecule has 0 bridgehead atoms. The third kappa shape index (κ3) is 3.25. The number of thioether (sulfide) groups is 1. The van der Waals surface area contributed by atoms with Gasteiger partial charge in [-0.25, -0.2) is 0 Å². The normalized spacial score (nSPS) is 16.0. The smallest absolute Gasteiger partial charge is 0.153 e. The summed E-state index contributed by atoms with van der Waals surface area (Å²) in [5.74, 6) is 0.239. The molecule has 4 heteroatoms. The summed E-state index contributed by atoms with van der Waals surface area (Å²) in [6.07, 6.45) is 0. The Kier molecular flexibility index (Phi) is 4.40. The Labute approximate surface area is 140 Å². The van der Waals surface area contributed by atoms with Gasteiger partial charge >= 0.3 is 0 Å². The lowest BCUT2D eigenvalue weighted by Gasteiger charge is -2.22. The quantitative estimate of drug-likeness (QED) is 0.821. The zero-order valence-corrected chi connectivity index (χ0v) is 13.5. The highest BCUT2D eigenvalue weighted by Gasteiger charge is 2.23. The van der Waals surface area contributed by atoms with Gasteiger partial charge in [0.05, 0.1) is 11.6 Å². The third-order valence-electron chi connectivity index (χ3n) is 3.69. The van der Waals surface area contributed by atoms with E-state index in [-0.39, 0.29) is 5.76 Å². The van der Waals surface area contributed by atoms with Gasteiger partial charge in [-0.15, -0.1) is 0 Å². The first-order valence-electron chi connectivity index (χ1n) is 7.27. The standard InChI is InChI=1S/C19H16N2OS/c1-14-13-23-19(21(14)12-16-5-3-2-4-6-16)18(22)17-9-7-15(11-20)8-10-17/h2-10,13,22H,12H2,1H3/b19-18+. The highest BCUT2D eigenvalue weighted by atomic mass is 32.2. The van der Waals surface area contributed by atoms with Crippen molar-refractivity contribution in [3.05, 3.63) is 87.4 Å². The number of benzene rings is 2. The molecule has 0 atom stereocenters. The molecule has 0 amide bonds. The second kappa shape index (κ2) is 6.64. The molecule has 1 heterocycles. The average Bonchev–Trinajstić information content (AvgIpc) is 2.96. The maximum absolute atomic E-state index is 10.7. The summed E-state index contributed by atoms with van der Waals surface area (Å²) in [5, 5.41) is 22.4. The minimum absolute atomic E-state index is 0.239. The second-order valence-electron chi connectivity index (χ2n) is 5.29. The number of hydrogen-bond donors (Lipinski definition) is 1. The van der Waals surface area contributed by atoms with E-state index in [0.29, 0.717) is 17.7 Å². The van der Waals surface area contributed by atoms with Gasteiger partial charge in [0.15, 0.2) is 5.76 Å². The van der Waals surface area contributed by atoms with Crippen LogP contribution in [0.4, 0.5) is 0 Å². The molecule has 1 N–H and O–H groups in total. The van der Waals surface area contributed by atoms with Crippen LogP contribution in [-0.2, 0) is 6.54 Å². The summed E-state index contributed by atoms with van der Waals surface area (Å²) in [5.41, 5.74) is 3.59. The Hall–Kier alpha value is -2.64. The van der Waals surface area contributed by atoms with Crippen LogP contribution in [0.3, 0.4) is 0 Å². The largest absolute Gasteiger partial charge is 0.505 e. The first-order valence-corrected chi connectivity index (χ1v) is 8.15. The molecule has 0 spiro atoms. The summed E-state index contributed by atoms with van der Waals surface area (Å²) in [6, 6.07) is 19.2. The first-order chi connectivity index (χ1) is 11.2. The Morgan fingerprint density at radius 2 is 1.83 bits per heavy atom. The van der Waals surface area contributed by atoms with Crippen LogP contribution in [0.2, 0.25) is 0 Å². The van der Waals surface area contributed by atoms with Crippen molar-refractivity contribution in [2.45, 2.75) is 13.5 Å². The molecule has 1 aliphatic heterocycles. The fraction of sp³-hybridized carbons (Fsp3) is 0.105. The summed E-state index contributed by atoms with van der Waals surface area (Å²) in [4.78, 5) is 2.10. The maximum Gasteiger partial charge on any atom is 0.153 e. The van der Waals surface area contributed by atoms with Gasteiger partial charge in [-0.2, -0.15) is 5.26 Å². The molecule has 23 heavy (non-hydrogen) atoms. The summed E-state index contributed by atoms with van der Waals surface area (Å²) in [6.45, 7) is 2.75. The number of aliphatic hydroxyl groups excluding tert-OH is 1. The molecule has 1 aliphatic rings. The Balaban J connectivity index is 1.91. The van der Waals surface area contributed by atoms with Crippen LogP contribution in [0.15, 0.2) is 70.7 Å². The van der Waals surface area contributed by atoms with E-state index in [0.717, 1.165) is 10.7 Å². The van der Waals surface area contributed by atoms with Crippen molar-refractivity contribution in [3.63, 3.8) is 0 Å². The number of nitrogens with zero attached hydrogens (tertiary/aromatic N) is 2. The second-order valence-corrected chi connectivity index (χ2v) is 6.15. The van der Waals surface area contributed by atoms with E-state index in [1.165, 1.54) is 17.3 Å². The van der Waals surface area contributed by atoms with Gasteiger partial charge in [-0.1, -0.05) is 42.1 Å². The predicted octanol–water partition coefficient (Wildman–Crippen LogP) is 4.85. The van der Waals surface area contributed by atoms with Crippen molar-refractivity contribution < 1.29 is 5.11 Å². The average molecular weight is 320 g/mol. The van der Waals surface area contributed by atoms with Gasteiger partial charge in [0.2, 0.25) is 0 Å². The Morgan fingerprint density at radius 1 is 1.13 bits per heavy atom. The van der Waals surface area contributed by atoms with E-state index in [9.17, 15) is 5.11 Å². The van der Waals surface area contributed by atoms with Crippen molar-refractivity contribution in [3.8, 4) is 6.07 Å². The highest BCUT2D eigenvalue weighted by Crippen LogP contribution is 2.39. The van der Waals surface area contributed by atoms with Crippen molar-refractivity contribution in [2.24, 2.45) is 0 Å². The monoisotopic (exact) mass is 320 g/mol.